The molecule has 0 N–H and O–H groups in total. The van der Waals surface area contributed by atoms with Crippen LogP contribution in [0.5, 0.6) is 0 Å². The van der Waals surface area contributed by atoms with Crippen LogP contribution in [0.2, 0.25) is 0 Å². The number of carbonyl (C=O) groups is 1. The van der Waals surface area contributed by atoms with Gasteiger partial charge in [0.1, 0.15) is 5.78 Å². The number of hydrogen-bond donors (Lipinski definition) is 0. The molecule has 1 heteroatoms. The lowest BCUT2D eigenvalue weighted by atomic mass is 9.62. The van der Waals surface area contributed by atoms with Gasteiger partial charge in [0.05, 0.1) is 0 Å². The number of unbranched alkanes of at least 4 members (excludes halogenated alkanes) is 1. The first kappa shape index (κ1) is 12.5. The molecular weight excluding hydrogens is 184 g/mol. The van der Waals surface area contributed by atoms with Gasteiger partial charge in [0.2, 0.25) is 0 Å². The molecule has 86 valence electrons. The van der Waals surface area contributed by atoms with Crippen LogP contribution < -0.4 is 0 Å². The second-order valence-electron chi connectivity index (χ2n) is 5.17. The minimum atomic E-state index is -0.257. The van der Waals surface area contributed by atoms with E-state index < -0.39 is 0 Å². The molecule has 1 saturated carbocycles. The molecule has 0 aromatic carbocycles. The fraction of sp³-hybridized carbons (Fsp3) is 0.786. The van der Waals surface area contributed by atoms with E-state index in [1.807, 2.05) is 6.08 Å². The lowest BCUT2D eigenvalue weighted by Gasteiger charge is -2.40. The first-order valence-corrected chi connectivity index (χ1v) is 6.24. The zero-order chi connectivity index (χ0) is 11.5. The zero-order valence-electron chi connectivity index (χ0n) is 10.4. The minimum Gasteiger partial charge on any atom is -0.298 e. The van der Waals surface area contributed by atoms with Crippen LogP contribution >= 0.6 is 0 Å². The summed E-state index contributed by atoms with van der Waals surface area (Å²) in [5, 5.41) is 0. The molecule has 0 spiro atoms. The van der Waals surface area contributed by atoms with Crippen molar-refractivity contribution in [1.29, 1.82) is 0 Å². The normalized spacial score (nSPS) is 36.6. The van der Waals surface area contributed by atoms with Gasteiger partial charge in [0, 0.05) is 11.3 Å². The first-order valence-electron chi connectivity index (χ1n) is 6.24. The highest BCUT2D eigenvalue weighted by Gasteiger charge is 2.43. The summed E-state index contributed by atoms with van der Waals surface area (Å²) in [4.78, 5) is 12.2. The van der Waals surface area contributed by atoms with Crippen molar-refractivity contribution in [3.8, 4) is 0 Å². The molecule has 0 radical (unpaired) electrons. The van der Waals surface area contributed by atoms with E-state index in [0.29, 0.717) is 11.7 Å². The van der Waals surface area contributed by atoms with Crippen molar-refractivity contribution in [2.24, 2.45) is 17.3 Å². The maximum absolute atomic E-state index is 12.2. The number of ketones is 1. The topological polar surface area (TPSA) is 17.1 Å². The zero-order valence-corrected chi connectivity index (χ0v) is 10.4. The summed E-state index contributed by atoms with van der Waals surface area (Å²) in [7, 11) is 0. The van der Waals surface area contributed by atoms with Gasteiger partial charge >= 0.3 is 0 Å². The number of rotatable bonds is 4. The third-order valence-corrected chi connectivity index (χ3v) is 4.10. The van der Waals surface area contributed by atoms with E-state index in [1.165, 1.54) is 25.7 Å². The number of Topliss-reactive ketones (excluding diaryl/α,β-unsaturated/α-hetero) is 1. The lowest BCUT2D eigenvalue weighted by molar-refractivity contribution is -0.135. The molecular formula is C14H24O. The predicted molar refractivity (Wildman–Crippen MR) is 64.7 cm³/mol. The van der Waals surface area contributed by atoms with Crippen molar-refractivity contribution in [2.75, 3.05) is 0 Å². The van der Waals surface area contributed by atoms with E-state index >= 15 is 0 Å². The Morgan fingerprint density at radius 2 is 2.20 bits per heavy atom. The quantitative estimate of drug-likeness (QED) is 0.639. The molecule has 0 saturated heterocycles. The summed E-state index contributed by atoms with van der Waals surface area (Å²) in [5.41, 5.74) is -0.257. The smallest absolute Gasteiger partial charge is 0.145 e. The molecule has 1 aliphatic carbocycles. The highest BCUT2D eigenvalue weighted by Crippen LogP contribution is 2.44. The second-order valence-corrected chi connectivity index (χ2v) is 5.17. The van der Waals surface area contributed by atoms with Crippen LogP contribution in [0, 0.1) is 17.3 Å². The molecule has 0 amide bonds. The Labute approximate surface area is 93.9 Å². The Hall–Kier alpha value is -0.590. The molecule has 1 aliphatic rings. The molecule has 3 atom stereocenters. The van der Waals surface area contributed by atoms with Gasteiger partial charge in [-0.3, -0.25) is 4.79 Å². The first-order chi connectivity index (χ1) is 7.06. The van der Waals surface area contributed by atoms with Crippen LogP contribution in [0.3, 0.4) is 0 Å². The summed E-state index contributed by atoms with van der Waals surface area (Å²) < 4.78 is 0. The van der Waals surface area contributed by atoms with Crippen LogP contribution in [0.4, 0.5) is 0 Å². The fourth-order valence-electron chi connectivity index (χ4n) is 2.78. The van der Waals surface area contributed by atoms with Gasteiger partial charge in [-0.1, -0.05) is 32.8 Å². The average molecular weight is 208 g/mol. The van der Waals surface area contributed by atoms with Crippen molar-refractivity contribution in [3.63, 3.8) is 0 Å². The largest absolute Gasteiger partial charge is 0.298 e. The Balaban J connectivity index is 2.78. The number of carbonyl (C=O) groups excluding carboxylic acids is 1. The third kappa shape index (κ3) is 2.32. The minimum absolute atomic E-state index is 0.228. The highest BCUT2D eigenvalue weighted by atomic mass is 16.1. The molecule has 1 fully saturated rings. The second kappa shape index (κ2) is 4.96. The Bertz CT molecular complexity index is 242. The van der Waals surface area contributed by atoms with E-state index in [1.54, 1.807) is 0 Å². The SMILES string of the molecule is C=C[C@]1(C)C(=O)[C@H](C)CC[C@H]1CCCC. The van der Waals surface area contributed by atoms with Gasteiger partial charge in [-0.2, -0.15) is 0 Å². The summed E-state index contributed by atoms with van der Waals surface area (Å²) in [6.45, 7) is 10.2. The standard InChI is InChI=1S/C14H24O/c1-5-7-8-12-10-9-11(3)13(15)14(12,4)6-2/h6,11-12H,2,5,7-10H2,1,3-4H3/t11-,12-,14+/m1/s1. The summed E-state index contributed by atoms with van der Waals surface area (Å²) >= 11 is 0. The summed E-state index contributed by atoms with van der Waals surface area (Å²) in [6, 6.07) is 0. The van der Waals surface area contributed by atoms with Gasteiger partial charge in [-0.15, -0.1) is 6.58 Å². The van der Waals surface area contributed by atoms with Crippen LogP contribution in [-0.4, -0.2) is 5.78 Å². The highest BCUT2D eigenvalue weighted by molar-refractivity contribution is 5.89. The molecule has 1 rings (SSSR count). The van der Waals surface area contributed by atoms with Gasteiger partial charge < -0.3 is 0 Å². The molecule has 0 heterocycles. The van der Waals surface area contributed by atoms with Gasteiger partial charge in [0.15, 0.2) is 0 Å². The Morgan fingerprint density at radius 1 is 1.53 bits per heavy atom. The maximum atomic E-state index is 12.2. The molecule has 0 aromatic heterocycles. The lowest BCUT2D eigenvalue weighted by Crippen LogP contribution is -2.41. The van der Waals surface area contributed by atoms with Gasteiger partial charge in [-0.05, 0) is 32.1 Å². The van der Waals surface area contributed by atoms with E-state index in [-0.39, 0.29) is 11.3 Å². The van der Waals surface area contributed by atoms with Crippen LogP contribution in [0.25, 0.3) is 0 Å². The van der Waals surface area contributed by atoms with Crippen molar-refractivity contribution < 1.29 is 4.79 Å². The van der Waals surface area contributed by atoms with Crippen molar-refractivity contribution in [3.05, 3.63) is 12.7 Å². The fourth-order valence-corrected chi connectivity index (χ4v) is 2.78. The van der Waals surface area contributed by atoms with Crippen molar-refractivity contribution in [2.45, 2.75) is 52.9 Å². The average Bonchev–Trinajstić information content (AvgIpc) is 2.25. The summed E-state index contributed by atoms with van der Waals surface area (Å²) in [6.07, 6.45) is 7.78. The molecule has 0 bridgehead atoms. The number of allylic oxidation sites excluding steroid dienone is 1. The Kier molecular flexibility index (Phi) is 4.12. The molecule has 1 nitrogen and oxygen atoms in total. The third-order valence-electron chi connectivity index (χ3n) is 4.10. The van der Waals surface area contributed by atoms with Crippen LogP contribution in [-0.2, 0) is 4.79 Å². The van der Waals surface area contributed by atoms with E-state index in [4.69, 9.17) is 0 Å². The van der Waals surface area contributed by atoms with Gasteiger partial charge in [-0.25, -0.2) is 0 Å². The van der Waals surface area contributed by atoms with Crippen molar-refractivity contribution in [1.82, 2.24) is 0 Å². The monoisotopic (exact) mass is 208 g/mol. The maximum Gasteiger partial charge on any atom is 0.145 e. The molecule has 15 heavy (non-hydrogen) atoms. The number of hydrogen-bond acceptors (Lipinski definition) is 1. The van der Waals surface area contributed by atoms with Crippen LogP contribution in [0.1, 0.15) is 52.9 Å². The van der Waals surface area contributed by atoms with E-state index in [0.717, 1.165) is 6.42 Å². The van der Waals surface area contributed by atoms with Crippen LogP contribution in [0.15, 0.2) is 12.7 Å². The molecule has 0 aliphatic heterocycles. The van der Waals surface area contributed by atoms with Gasteiger partial charge in [0.25, 0.3) is 0 Å². The predicted octanol–water partition coefficient (Wildman–Crippen LogP) is 3.98. The molecule has 0 aromatic rings. The van der Waals surface area contributed by atoms with E-state index in [9.17, 15) is 4.79 Å². The summed E-state index contributed by atoms with van der Waals surface area (Å²) in [5.74, 6) is 1.16. The Morgan fingerprint density at radius 3 is 2.73 bits per heavy atom. The molecule has 0 unspecified atom stereocenters. The van der Waals surface area contributed by atoms with E-state index in [2.05, 4.69) is 27.4 Å². The van der Waals surface area contributed by atoms with Crippen molar-refractivity contribution >= 4 is 5.78 Å².